The monoisotopic (exact) mass is 441 g/mol. The zero-order valence-corrected chi connectivity index (χ0v) is 18.8. The van der Waals surface area contributed by atoms with Crippen LogP contribution < -0.4 is 10.1 Å². The molecule has 0 aliphatic heterocycles. The van der Waals surface area contributed by atoms with E-state index in [1.165, 1.54) is 5.56 Å². The Labute approximate surface area is 193 Å². The van der Waals surface area contributed by atoms with Crippen LogP contribution in [0.3, 0.4) is 0 Å². The number of aryl methyl sites for hydroxylation is 1. The highest BCUT2D eigenvalue weighted by Gasteiger charge is 2.11. The maximum absolute atomic E-state index is 12.3. The first kappa shape index (κ1) is 22.3. The lowest BCUT2D eigenvalue weighted by molar-refractivity contribution is -0.116. The van der Waals surface area contributed by atoms with Crippen LogP contribution in [0.25, 0.3) is 11.4 Å². The van der Waals surface area contributed by atoms with Crippen molar-refractivity contribution in [1.82, 2.24) is 10.1 Å². The molecule has 0 spiro atoms. The number of nitrogens with one attached hydrogen (secondary N) is 1. The molecule has 6 heteroatoms. The van der Waals surface area contributed by atoms with Crippen molar-refractivity contribution in [3.8, 4) is 17.1 Å². The smallest absolute Gasteiger partial charge is 0.227 e. The second-order valence-corrected chi connectivity index (χ2v) is 8.14. The standard InChI is InChI=1S/C27H27N3O3/c1-19(2)21-8-10-22(11-9-21)27-29-26(33-30-27)17-16-25(31)28-23-12-14-24(15-13-23)32-18-20-6-4-3-5-7-20/h3-15,19H,16-18H2,1-2H3,(H,28,31). The van der Waals surface area contributed by atoms with E-state index in [4.69, 9.17) is 9.26 Å². The van der Waals surface area contributed by atoms with Gasteiger partial charge in [0.15, 0.2) is 0 Å². The molecule has 0 saturated heterocycles. The average molecular weight is 442 g/mol. The van der Waals surface area contributed by atoms with Gasteiger partial charge in [0.1, 0.15) is 12.4 Å². The average Bonchev–Trinajstić information content (AvgIpc) is 3.32. The molecule has 0 fully saturated rings. The minimum Gasteiger partial charge on any atom is -0.489 e. The summed E-state index contributed by atoms with van der Waals surface area (Å²) in [5, 5.41) is 6.92. The summed E-state index contributed by atoms with van der Waals surface area (Å²) in [5.74, 6) is 2.08. The van der Waals surface area contributed by atoms with Crippen LogP contribution in [0.15, 0.2) is 83.4 Å². The van der Waals surface area contributed by atoms with Crippen molar-refractivity contribution in [2.45, 2.75) is 39.2 Å². The highest BCUT2D eigenvalue weighted by atomic mass is 16.5. The molecule has 1 heterocycles. The molecule has 4 aromatic rings. The molecule has 1 amide bonds. The fraction of sp³-hybridized carbons (Fsp3) is 0.222. The molecule has 0 radical (unpaired) electrons. The van der Waals surface area contributed by atoms with Gasteiger partial charge in [-0.2, -0.15) is 4.98 Å². The molecule has 1 N–H and O–H groups in total. The zero-order valence-electron chi connectivity index (χ0n) is 18.8. The second-order valence-electron chi connectivity index (χ2n) is 8.14. The van der Waals surface area contributed by atoms with Crippen molar-refractivity contribution in [2.24, 2.45) is 0 Å². The normalized spacial score (nSPS) is 10.9. The molecule has 0 unspecified atom stereocenters. The fourth-order valence-electron chi connectivity index (χ4n) is 3.31. The van der Waals surface area contributed by atoms with E-state index in [-0.39, 0.29) is 12.3 Å². The maximum Gasteiger partial charge on any atom is 0.227 e. The summed E-state index contributed by atoms with van der Waals surface area (Å²) in [7, 11) is 0. The summed E-state index contributed by atoms with van der Waals surface area (Å²) < 4.78 is 11.1. The van der Waals surface area contributed by atoms with Crippen LogP contribution in [-0.4, -0.2) is 16.0 Å². The Kier molecular flexibility index (Phi) is 7.15. The van der Waals surface area contributed by atoms with Crippen molar-refractivity contribution in [2.75, 3.05) is 5.32 Å². The molecule has 168 valence electrons. The summed E-state index contributed by atoms with van der Waals surface area (Å²) in [4.78, 5) is 16.7. The van der Waals surface area contributed by atoms with E-state index in [9.17, 15) is 4.79 Å². The summed E-state index contributed by atoms with van der Waals surface area (Å²) in [6, 6.07) is 25.4. The molecule has 3 aromatic carbocycles. The molecule has 0 bridgehead atoms. The third-order valence-electron chi connectivity index (χ3n) is 5.26. The van der Waals surface area contributed by atoms with E-state index < -0.39 is 0 Å². The van der Waals surface area contributed by atoms with Crippen LogP contribution in [-0.2, 0) is 17.8 Å². The van der Waals surface area contributed by atoms with Gasteiger partial charge in [-0.3, -0.25) is 4.79 Å². The number of amides is 1. The van der Waals surface area contributed by atoms with Crippen LogP contribution in [0.4, 0.5) is 5.69 Å². The number of hydrogen-bond donors (Lipinski definition) is 1. The van der Waals surface area contributed by atoms with Gasteiger partial charge in [-0.15, -0.1) is 0 Å². The summed E-state index contributed by atoms with van der Waals surface area (Å²) in [6.45, 7) is 4.81. The first-order chi connectivity index (χ1) is 16.1. The lowest BCUT2D eigenvalue weighted by atomic mass is 10.0. The second kappa shape index (κ2) is 10.6. The van der Waals surface area contributed by atoms with Crippen molar-refractivity contribution in [3.05, 3.63) is 95.9 Å². The van der Waals surface area contributed by atoms with Crippen LogP contribution in [0.1, 0.15) is 43.2 Å². The minimum atomic E-state index is -0.117. The third-order valence-corrected chi connectivity index (χ3v) is 5.26. The molecule has 4 rings (SSSR count). The minimum absolute atomic E-state index is 0.117. The zero-order chi connectivity index (χ0) is 23.0. The number of hydrogen-bond acceptors (Lipinski definition) is 5. The van der Waals surface area contributed by atoms with Crippen molar-refractivity contribution in [3.63, 3.8) is 0 Å². The highest BCUT2D eigenvalue weighted by Crippen LogP contribution is 2.21. The number of rotatable bonds is 9. The largest absolute Gasteiger partial charge is 0.489 e. The SMILES string of the molecule is CC(C)c1ccc(-c2noc(CCC(=O)Nc3ccc(OCc4ccccc4)cc3)n2)cc1. The van der Waals surface area contributed by atoms with E-state index in [1.807, 2.05) is 66.7 Å². The van der Waals surface area contributed by atoms with Gasteiger partial charge in [-0.05, 0) is 41.3 Å². The number of benzene rings is 3. The van der Waals surface area contributed by atoms with Gasteiger partial charge in [0.05, 0.1) is 0 Å². The Bertz CT molecular complexity index is 1170. The summed E-state index contributed by atoms with van der Waals surface area (Å²) in [6.07, 6.45) is 0.626. The number of ether oxygens (including phenoxy) is 1. The van der Waals surface area contributed by atoms with E-state index in [2.05, 4.69) is 41.4 Å². The van der Waals surface area contributed by atoms with Gasteiger partial charge in [0.25, 0.3) is 0 Å². The van der Waals surface area contributed by atoms with E-state index in [0.717, 1.165) is 16.9 Å². The molecule has 33 heavy (non-hydrogen) atoms. The maximum atomic E-state index is 12.3. The number of aromatic nitrogens is 2. The summed E-state index contributed by atoms with van der Waals surface area (Å²) in [5.41, 5.74) is 3.97. The Morgan fingerprint density at radius 3 is 2.39 bits per heavy atom. The van der Waals surface area contributed by atoms with Crippen LogP contribution in [0.2, 0.25) is 0 Å². The molecule has 0 aliphatic carbocycles. The van der Waals surface area contributed by atoms with Crippen molar-refractivity contribution in [1.29, 1.82) is 0 Å². The number of anilines is 1. The quantitative estimate of drug-likeness (QED) is 0.344. The first-order valence-electron chi connectivity index (χ1n) is 11.1. The number of carbonyl (C=O) groups excluding carboxylic acids is 1. The third kappa shape index (κ3) is 6.29. The first-order valence-corrected chi connectivity index (χ1v) is 11.1. The molecule has 0 aliphatic rings. The van der Waals surface area contributed by atoms with Crippen LogP contribution in [0.5, 0.6) is 5.75 Å². The van der Waals surface area contributed by atoms with Crippen LogP contribution >= 0.6 is 0 Å². The number of carbonyl (C=O) groups is 1. The highest BCUT2D eigenvalue weighted by molar-refractivity contribution is 5.90. The van der Waals surface area contributed by atoms with Gasteiger partial charge < -0.3 is 14.6 Å². The predicted octanol–water partition coefficient (Wildman–Crippen LogP) is 6.01. The van der Waals surface area contributed by atoms with Gasteiger partial charge in [0, 0.05) is 24.1 Å². The number of nitrogens with zero attached hydrogens (tertiary/aromatic N) is 2. The molecular weight excluding hydrogens is 414 g/mol. The Morgan fingerprint density at radius 2 is 1.70 bits per heavy atom. The van der Waals surface area contributed by atoms with Gasteiger partial charge in [0.2, 0.25) is 17.6 Å². The van der Waals surface area contributed by atoms with Gasteiger partial charge >= 0.3 is 0 Å². The van der Waals surface area contributed by atoms with Crippen molar-refractivity contribution >= 4 is 11.6 Å². The van der Waals surface area contributed by atoms with Gasteiger partial charge in [-0.25, -0.2) is 0 Å². The fourth-order valence-corrected chi connectivity index (χ4v) is 3.31. The Morgan fingerprint density at radius 1 is 0.970 bits per heavy atom. The van der Waals surface area contributed by atoms with Crippen molar-refractivity contribution < 1.29 is 14.1 Å². The Hall–Kier alpha value is -3.93. The van der Waals surface area contributed by atoms with E-state index in [0.29, 0.717) is 36.3 Å². The lowest BCUT2D eigenvalue weighted by Gasteiger charge is -2.08. The predicted molar refractivity (Wildman–Crippen MR) is 128 cm³/mol. The van der Waals surface area contributed by atoms with Crippen LogP contribution in [0, 0.1) is 0 Å². The molecule has 1 aromatic heterocycles. The molecule has 0 saturated carbocycles. The molecule has 0 atom stereocenters. The summed E-state index contributed by atoms with van der Waals surface area (Å²) >= 11 is 0. The molecular formula is C27H27N3O3. The van der Waals surface area contributed by atoms with Gasteiger partial charge in [-0.1, -0.05) is 73.6 Å². The molecule has 6 nitrogen and oxygen atoms in total. The van der Waals surface area contributed by atoms with E-state index in [1.54, 1.807) is 0 Å². The Balaban J connectivity index is 1.25. The van der Waals surface area contributed by atoms with E-state index >= 15 is 0 Å². The lowest BCUT2D eigenvalue weighted by Crippen LogP contribution is -2.12. The topological polar surface area (TPSA) is 77.2 Å².